The zero-order valence-electron chi connectivity index (χ0n) is 9.41. The number of halogens is 1. The molecule has 0 spiro atoms. The van der Waals surface area contributed by atoms with E-state index in [9.17, 15) is 14.7 Å². The molecule has 1 saturated heterocycles. The Kier molecular flexibility index (Phi) is 3.56. The molecule has 0 bridgehead atoms. The highest BCUT2D eigenvalue weighted by molar-refractivity contribution is 9.10. The van der Waals surface area contributed by atoms with Crippen LogP contribution in [0, 0.1) is 0 Å². The van der Waals surface area contributed by atoms with Crippen LogP contribution in [0.5, 0.6) is 0 Å². The van der Waals surface area contributed by atoms with E-state index in [0.29, 0.717) is 12.8 Å². The fourth-order valence-corrected chi connectivity index (χ4v) is 2.60. The lowest BCUT2D eigenvalue weighted by molar-refractivity contribution is -0.142. The monoisotopic (exact) mass is 313 g/mol. The maximum Gasteiger partial charge on any atom is 0.408 e. The molecule has 0 radical (unpaired) electrons. The van der Waals surface area contributed by atoms with Gasteiger partial charge in [0.15, 0.2) is 0 Å². The van der Waals surface area contributed by atoms with Crippen molar-refractivity contribution in [1.82, 2.24) is 4.90 Å². The van der Waals surface area contributed by atoms with Crippen LogP contribution >= 0.6 is 15.9 Å². The van der Waals surface area contributed by atoms with E-state index in [2.05, 4.69) is 15.9 Å². The smallest absolute Gasteiger partial charge is 0.408 e. The number of aliphatic carboxylic acids is 1. The summed E-state index contributed by atoms with van der Waals surface area (Å²) in [4.78, 5) is 23.3. The van der Waals surface area contributed by atoms with Gasteiger partial charge in [-0.25, -0.2) is 9.59 Å². The van der Waals surface area contributed by atoms with Crippen LogP contribution in [0.25, 0.3) is 0 Å². The van der Waals surface area contributed by atoms with Crippen molar-refractivity contribution in [2.24, 2.45) is 0 Å². The van der Waals surface area contributed by atoms with Gasteiger partial charge in [-0.05, 0) is 30.5 Å². The Bertz CT molecular complexity index is 473. The summed E-state index contributed by atoms with van der Waals surface area (Å²) in [5.74, 6) is -1.09. The number of carbonyl (C=O) groups is 2. The van der Waals surface area contributed by atoms with E-state index in [4.69, 9.17) is 5.11 Å². The Hall–Kier alpha value is -1.56. The number of nitrogens with zero attached hydrogens (tertiary/aromatic N) is 1. The van der Waals surface area contributed by atoms with Crippen molar-refractivity contribution in [3.63, 3.8) is 0 Å². The van der Waals surface area contributed by atoms with Gasteiger partial charge < -0.3 is 10.2 Å². The number of amides is 1. The van der Waals surface area contributed by atoms with Crippen LogP contribution in [-0.2, 0) is 4.79 Å². The maximum absolute atomic E-state index is 11.2. The van der Waals surface area contributed by atoms with Gasteiger partial charge in [0.1, 0.15) is 6.04 Å². The van der Waals surface area contributed by atoms with Gasteiger partial charge in [0.05, 0.1) is 6.04 Å². The van der Waals surface area contributed by atoms with Crippen LogP contribution in [0.1, 0.15) is 24.4 Å². The standard InChI is InChI=1S/C12H12BrNO4/c13-8-3-1-7(2-4-8)9-5-6-10(11(15)16)14(9)12(17)18/h1-4,9-10H,5-6H2,(H,15,16)(H,17,18)/t9-,10+/m1/s1. The number of hydrogen-bond acceptors (Lipinski definition) is 2. The molecule has 0 aliphatic carbocycles. The molecular weight excluding hydrogens is 302 g/mol. The zero-order chi connectivity index (χ0) is 13.3. The van der Waals surface area contributed by atoms with E-state index < -0.39 is 18.1 Å². The molecule has 1 aromatic carbocycles. The van der Waals surface area contributed by atoms with Gasteiger partial charge >= 0.3 is 12.1 Å². The lowest BCUT2D eigenvalue weighted by Crippen LogP contribution is -2.40. The van der Waals surface area contributed by atoms with Crippen LogP contribution in [-0.4, -0.2) is 33.2 Å². The SMILES string of the molecule is O=C(O)[C@@H]1CC[C@H](c2ccc(Br)cc2)N1C(=O)O. The predicted octanol–water partition coefficient (Wildman–Crippen LogP) is 2.72. The third kappa shape index (κ3) is 2.33. The fraction of sp³-hybridized carbons (Fsp3) is 0.333. The van der Waals surface area contributed by atoms with E-state index in [1.165, 1.54) is 0 Å². The van der Waals surface area contributed by atoms with Gasteiger partial charge in [0, 0.05) is 4.47 Å². The topological polar surface area (TPSA) is 77.8 Å². The van der Waals surface area contributed by atoms with Crippen LogP contribution in [0.3, 0.4) is 0 Å². The molecule has 18 heavy (non-hydrogen) atoms. The number of likely N-dealkylation sites (tertiary alicyclic amines) is 1. The van der Waals surface area contributed by atoms with Crippen LogP contribution in [0.15, 0.2) is 28.7 Å². The van der Waals surface area contributed by atoms with Crippen LogP contribution < -0.4 is 0 Å². The number of hydrogen-bond donors (Lipinski definition) is 2. The second-order valence-corrected chi connectivity index (χ2v) is 5.10. The van der Waals surface area contributed by atoms with E-state index in [-0.39, 0.29) is 6.04 Å². The highest BCUT2D eigenvalue weighted by atomic mass is 79.9. The summed E-state index contributed by atoms with van der Waals surface area (Å²) in [5, 5.41) is 18.2. The minimum Gasteiger partial charge on any atom is -0.480 e. The summed E-state index contributed by atoms with van der Waals surface area (Å²) in [5.41, 5.74) is 0.823. The summed E-state index contributed by atoms with van der Waals surface area (Å²) in [6.45, 7) is 0. The molecule has 2 N–H and O–H groups in total. The molecule has 0 aromatic heterocycles. The largest absolute Gasteiger partial charge is 0.480 e. The summed E-state index contributed by atoms with van der Waals surface area (Å²) in [6.07, 6.45) is -0.305. The number of rotatable bonds is 2. The minimum atomic E-state index is -1.19. The first kappa shape index (κ1) is 12.9. The van der Waals surface area contributed by atoms with E-state index in [1.54, 1.807) is 0 Å². The molecule has 1 amide bonds. The van der Waals surface area contributed by atoms with E-state index in [1.807, 2.05) is 24.3 Å². The number of carboxylic acid groups (broad SMARTS) is 2. The van der Waals surface area contributed by atoms with Gasteiger partial charge in [0.2, 0.25) is 0 Å². The molecule has 5 nitrogen and oxygen atoms in total. The van der Waals surface area contributed by atoms with Gasteiger partial charge in [-0.2, -0.15) is 0 Å². The molecule has 1 heterocycles. The Morgan fingerprint density at radius 3 is 2.28 bits per heavy atom. The summed E-state index contributed by atoms with van der Waals surface area (Å²) in [6, 6.07) is 5.95. The number of benzene rings is 1. The van der Waals surface area contributed by atoms with Crippen molar-refractivity contribution in [1.29, 1.82) is 0 Å². The summed E-state index contributed by atoms with van der Waals surface area (Å²) in [7, 11) is 0. The molecule has 1 aliphatic rings. The Morgan fingerprint density at radius 1 is 1.17 bits per heavy atom. The molecule has 2 rings (SSSR count). The van der Waals surface area contributed by atoms with Crippen molar-refractivity contribution in [3.05, 3.63) is 34.3 Å². The van der Waals surface area contributed by atoms with Crippen molar-refractivity contribution in [2.75, 3.05) is 0 Å². The Labute approximate surface area is 112 Å². The molecule has 0 saturated carbocycles. The highest BCUT2D eigenvalue weighted by Crippen LogP contribution is 2.36. The molecule has 1 aliphatic heterocycles. The third-order valence-electron chi connectivity index (χ3n) is 3.15. The van der Waals surface area contributed by atoms with Gasteiger partial charge in [0.25, 0.3) is 0 Å². The summed E-state index contributed by atoms with van der Waals surface area (Å²) < 4.78 is 0.904. The van der Waals surface area contributed by atoms with Gasteiger partial charge in [-0.15, -0.1) is 0 Å². The molecule has 0 unspecified atom stereocenters. The first-order chi connectivity index (χ1) is 8.50. The van der Waals surface area contributed by atoms with Gasteiger partial charge in [-0.3, -0.25) is 4.90 Å². The van der Waals surface area contributed by atoms with Crippen molar-refractivity contribution >= 4 is 28.0 Å². The molecule has 1 fully saturated rings. The lowest BCUT2D eigenvalue weighted by Gasteiger charge is -2.25. The second-order valence-electron chi connectivity index (χ2n) is 4.19. The van der Waals surface area contributed by atoms with Crippen molar-refractivity contribution < 1.29 is 19.8 Å². The lowest BCUT2D eigenvalue weighted by atomic mass is 10.1. The summed E-state index contributed by atoms with van der Waals surface area (Å²) >= 11 is 3.31. The zero-order valence-corrected chi connectivity index (χ0v) is 11.0. The van der Waals surface area contributed by atoms with Gasteiger partial charge in [-0.1, -0.05) is 28.1 Å². The first-order valence-electron chi connectivity index (χ1n) is 5.50. The molecule has 1 aromatic rings. The number of carboxylic acids is 1. The average Bonchev–Trinajstić information content (AvgIpc) is 2.74. The predicted molar refractivity (Wildman–Crippen MR) is 67.4 cm³/mol. The minimum absolute atomic E-state index is 0.350. The third-order valence-corrected chi connectivity index (χ3v) is 3.67. The quantitative estimate of drug-likeness (QED) is 0.880. The Morgan fingerprint density at radius 2 is 1.78 bits per heavy atom. The van der Waals surface area contributed by atoms with E-state index >= 15 is 0 Å². The Balaban J connectivity index is 2.30. The average molecular weight is 314 g/mol. The van der Waals surface area contributed by atoms with Crippen molar-refractivity contribution in [3.8, 4) is 0 Å². The molecular formula is C12H12BrNO4. The first-order valence-corrected chi connectivity index (χ1v) is 6.29. The highest BCUT2D eigenvalue weighted by Gasteiger charge is 2.41. The van der Waals surface area contributed by atoms with E-state index in [0.717, 1.165) is 14.9 Å². The second kappa shape index (κ2) is 4.97. The normalized spacial score (nSPS) is 23.1. The maximum atomic E-state index is 11.2. The molecule has 96 valence electrons. The fourth-order valence-electron chi connectivity index (χ4n) is 2.33. The van der Waals surface area contributed by atoms with Crippen LogP contribution in [0.4, 0.5) is 4.79 Å². The molecule has 6 heteroatoms. The van der Waals surface area contributed by atoms with Crippen molar-refractivity contribution in [2.45, 2.75) is 24.9 Å². The molecule has 2 atom stereocenters. The van der Waals surface area contributed by atoms with Crippen LogP contribution in [0.2, 0.25) is 0 Å².